The van der Waals surface area contributed by atoms with Crippen LogP contribution < -0.4 is 15.6 Å². The van der Waals surface area contributed by atoms with Gasteiger partial charge in [-0.05, 0) is 38.1 Å². The topological polar surface area (TPSA) is 67.0 Å². The van der Waals surface area contributed by atoms with Gasteiger partial charge in [-0.25, -0.2) is 9.37 Å². The maximum Gasteiger partial charge on any atom is 0.258 e. The number of fused-ring (bicyclic) bond motifs is 1. The Hall–Kier alpha value is -2.89. The minimum atomic E-state index is -0.436. The Kier molecular flexibility index (Phi) is 4.46. The standard InChI is InChI=1S/C18H18FN3O2/c1-3-24-16-9-8-12(10-14(16)19)20-11(2)17-21-15-7-5-4-6-13(15)18(23)22-17/h4-11,20H,3H2,1-2H3,(H,21,22,23)/t11-/m0/s1. The van der Waals surface area contributed by atoms with Gasteiger partial charge in [0.15, 0.2) is 11.6 Å². The number of nitrogens with zero attached hydrogens (tertiary/aromatic N) is 1. The molecule has 0 saturated heterocycles. The molecule has 0 fully saturated rings. The molecule has 0 saturated carbocycles. The molecule has 124 valence electrons. The second-order valence-corrected chi connectivity index (χ2v) is 5.41. The van der Waals surface area contributed by atoms with Crippen molar-refractivity contribution in [2.24, 2.45) is 0 Å². The lowest BCUT2D eigenvalue weighted by Gasteiger charge is -2.15. The van der Waals surface area contributed by atoms with Gasteiger partial charge in [-0.15, -0.1) is 0 Å². The first-order valence-electron chi connectivity index (χ1n) is 7.76. The number of ether oxygens (including phenoxy) is 1. The van der Waals surface area contributed by atoms with Crippen molar-refractivity contribution in [3.8, 4) is 5.75 Å². The molecule has 3 rings (SSSR count). The number of rotatable bonds is 5. The van der Waals surface area contributed by atoms with Crippen molar-refractivity contribution in [3.05, 3.63) is 64.5 Å². The summed E-state index contributed by atoms with van der Waals surface area (Å²) in [5, 5.41) is 3.67. The van der Waals surface area contributed by atoms with Gasteiger partial charge in [-0.3, -0.25) is 4.79 Å². The normalized spacial score (nSPS) is 12.1. The third-order valence-electron chi connectivity index (χ3n) is 3.66. The van der Waals surface area contributed by atoms with Gasteiger partial charge in [0.2, 0.25) is 0 Å². The predicted molar refractivity (Wildman–Crippen MR) is 92.0 cm³/mol. The minimum Gasteiger partial charge on any atom is -0.491 e. The SMILES string of the molecule is CCOc1ccc(N[C@@H](C)c2nc3ccccc3c(=O)[nH]2)cc1F. The monoisotopic (exact) mass is 327 g/mol. The Bertz CT molecular complexity index is 924. The van der Waals surface area contributed by atoms with Crippen molar-refractivity contribution in [1.29, 1.82) is 0 Å². The number of aromatic nitrogens is 2. The highest BCUT2D eigenvalue weighted by Crippen LogP contribution is 2.24. The Labute approximate surface area is 138 Å². The Balaban J connectivity index is 1.86. The number of aromatic amines is 1. The average molecular weight is 327 g/mol. The summed E-state index contributed by atoms with van der Waals surface area (Å²) in [5.74, 6) is 0.273. The number of H-pyrrole nitrogens is 1. The molecule has 6 heteroatoms. The molecule has 0 aliphatic carbocycles. The van der Waals surface area contributed by atoms with Crippen molar-refractivity contribution in [1.82, 2.24) is 9.97 Å². The van der Waals surface area contributed by atoms with Crippen LogP contribution >= 0.6 is 0 Å². The molecule has 0 aliphatic heterocycles. The summed E-state index contributed by atoms with van der Waals surface area (Å²) >= 11 is 0. The number of para-hydroxylation sites is 1. The van der Waals surface area contributed by atoms with E-state index in [1.807, 2.05) is 13.0 Å². The van der Waals surface area contributed by atoms with Gasteiger partial charge >= 0.3 is 0 Å². The number of benzene rings is 2. The number of halogens is 1. The second-order valence-electron chi connectivity index (χ2n) is 5.41. The van der Waals surface area contributed by atoms with Crippen LogP contribution in [0.5, 0.6) is 5.75 Å². The number of nitrogens with one attached hydrogen (secondary N) is 2. The van der Waals surface area contributed by atoms with Crippen LogP contribution in [0.25, 0.3) is 10.9 Å². The summed E-state index contributed by atoms with van der Waals surface area (Å²) in [5.41, 5.74) is 1.02. The zero-order valence-electron chi connectivity index (χ0n) is 13.5. The quantitative estimate of drug-likeness (QED) is 0.751. The third kappa shape index (κ3) is 3.22. The molecule has 1 atom stereocenters. The molecule has 24 heavy (non-hydrogen) atoms. The molecule has 1 aromatic heterocycles. The highest BCUT2D eigenvalue weighted by atomic mass is 19.1. The maximum absolute atomic E-state index is 13.9. The molecule has 3 aromatic rings. The smallest absolute Gasteiger partial charge is 0.258 e. The van der Waals surface area contributed by atoms with Gasteiger partial charge in [-0.1, -0.05) is 12.1 Å². The summed E-state index contributed by atoms with van der Waals surface area (Å²) in [6, 6.07) is 11.5. The largest absolute Gasteiger partial charge is 0.491 e. The molecule has 0 amide bonds. The van der Waals surface area contributed by atoms with Crippen LogP contribution in [0.4, 0.5) is 10.1 Å². The van der Waals surface area contributed by atoms with Gasteiger partial charge < -0.3 is 15.0 Å². The van der Waals surface area contributed by atoms with Gasteiger partial charge in [-0.2, -0.15) is 0 Å². The Morgan fingerprint density at radius 3 is 2.83 bits per heavy atom. The molecular weight excluding hydrogens is 309 g/mol. The van der Waals surface area contributed by atoms with E-state index in [9.17, 15) is 9.18 Å². The van der Waals surface area contributed by atoms with E-state index >= 15 is 0 Å². The van der Waals surface area contributed by atoms with Crippen LogP contribution in [0.1, 0.15) is 25.7 Å². The van der Waals surface area contributed by atoms with E-state index in [1.54, 1.807) is 37.3 Å². The minimum absolute atomic E-state index is 0.192. The first-order valence-corrected chi connectivity index (χ1v) is 7.76. The highest BCUT2D eigenvalue weighted by Gasteiger charge is 2.12. The molecule has 0 aliphatic rings. The summed E-state index contributed by atoms with van der Waals surface area (Å²) in [6.07, 6.45) is 0. The molecule has 0 spiro atoms. The maximum atomic E-state index is 13.9. The van der Waals surface area contributed by atoms with E-state index in [1.165, 1.54) is 6.07 Å². The fraction of sp³-hybridized carbons (Fsp3) is 0.222. The van der Waals surface area contributed by atoms with Gasteiger partial charge in [0.1, 0.15) is 5.82 Å². The Morgan fingerprint density at radius 2 is 2.08 bits per heavy atom. The summed E-state index contributed by atoms with van der Waals surface area (Å²) in [4.78, 5) is 19.4. The van der Waals surface area contributed by atoms with Crippen LogP contribution in [0.2, 0.25) is 0 Å². The van der Waals surface area contributed by atoms with Crippen molar-refractivity contribution in [3.63, 3.8) is 0 Å². The van der Waals surface area contributed by atoms with Crippen LogP contribution in [0, 0.1) is 5.82 Å². The van der Waals surface area contributed by atoms with Crippen LogP contribution in [-0.2, 0) is 0 Å². The first kappa shape index (κ1) is 16.0. The van der Waals surface area contributed by atoms with Crippen molar-refractivity contribution >= 4 is 16.6 Å². The lowest BCUT2D eigenvalue weighted by Crippen LogP contribution is -2.17. The molecule has 1 heterocycles. The number of hydrogen-bond acceptors (Lipinski definition) is 4. The van der Waals surface area contributed by atoms with Gasteiger partial charge in [0.25, 0.3) is 5.56 Å². The zero-order chi connectivity index (χ0) is 17.1. The fourth-order valence-electron chi connectivity index (χ4n) is 2.49. The molecule has 2 N–H and O–H groups in total. The van der Waals surface area contributed by atoms with Crippen molar-refractivity contribution in [2.75, 3.05) is 11.9 Å². The molecule has 0 bridgehead atoms. The third-order valence-corrected chi connectivity index (χ3v) is 3.66. The van der Waals surface area contributed by atoms with E-state index in [4.69, 9.17) is 4.74 Å². The number of anilines is 1. The lowest BCUT2D eigenvalue weighted by molar-refractivity contribution is 0.321. The van der Waals surface area contributed by atoms with E-state index in [0.717, 1.165) is 0 Å². The number of hydrogen-bond donors (Lipinski definition) is 2. The molecule has 0 unspecified atom stereocenters. The first-order chi connectivity index (χ1) is 11.6. The molecule has 2 aromatic carbocycles. The molecule has 5 nitrogen and oxygen atoms in total. The Morgan fingerprint density at radius 1 is 1.29 bits per heavy atom. The summed E-state index contributed by atoms with van der Waals surface area (Å²) in [6.45, 7) is 4.05. The zero-order valence-corrected chi connectivity index (χ0v) is 13.5. The summed E-state index contributed by atoms with van der Waals surface area (Å²) < 4.78 is 19.1. The van der Waals surface area contributed by atoms with Crippen LogP contribution in [0.3, 0.4) is 0 Å². The van der Waals surface area contributed by atoms with Crippen molar-refractivity contribution < 1.29 is 9.13 Å². The van der Waals surface area contributed by atoms with E-state index < -0.39 is 5.82 Å². The predicted octanol–water partition coefficient (Wildman–Crippen LogP) is 3.63. The van der Waals surface area contributed by atoms with Gasteiger partial charge in [0, 0.05) is 11.8 Å². The lowest BCUT2D eigenvalue weighted by atomic mass is 10.2. The van der Waals surface area contributed by atoms with E-state index in [-0.39, 0.29) is 17.4 Å². The fourth-order valence-corrected chi connectivity index (χ4v) is 2.49. The summed E-state index contributed by atoms with van der Waals surface area (Å²) in [7, 11) is 0. The highest BCUT2D eigenvalue weighted by molar-refractivity contribution is 5.77. The van der Waals surface area contributed by atoms with Crippen LogP contribution in [0.15, 0.2) is 47.3 Å². The van der Waals surface area contributed by atoms with E-state index in [2.05, 4.69) is 15.3 Å². The van der Waals surface area contributed by atoms with E-state index in [0.29, 0.717) is 29.0 Å². The van der Waals surface area contributed by atoms with Crippen molar-refractivity contribution in [2.45, 2.75) is 19.9 Å². The second kappa shape index (κ2) is 6.70. The molecular formula is C18H18FN3O2. The molecule has 0 radical (unpaired) electrons. The van der Waals surface area contributed by atoms with Crippen LogP contribution in [-0.4, -0.2) is 16.6 Å². The average Bonchev–Trinajstić information content (AvgIpc) is 2.57. The van der Waals surface area contributed by atoms with Gasteiger partial charge in [0.05, 0.1) is 23.6 Å².